The second-order valence-corrected chi connectivity index (χ2v) is 19.0. The van der Waals surface area contributed by atoms with E-state index in [0.717, 1.165) is 39.7 Å². The molecule has 0 N–H and O–H groups in total. The highest BCUT2D eigenvalue weighted by Gasteiger charge is 2.49. The maximum atomic E-state index is 6.81. The first-order valence-corrected chi connectivity index (χ1v) is 23.8. The molecule has 2 aliphatic rings. The van der Waals surface area contributed by atoms with Crippen molar-refractivity contribution in [3.63, 3.8) is 0 Å². The highest BCUT2D eigenvalue weighted by atomic mass is 32.1. The van der Waals surface area contributed by atoms with Gasteiger partial charge in [0.15, 0.2) is 0 Å². The van der Waals surface area contributed by atoms with Crippen molar-refractivity contribution in [1.82, 2.24) is 4.57 Å². The topological polar surface area (TPSA) is 17.4 Å². The summed E-state index contributed by atoms with van der Waals surface area (Å²) < 4.78 is 11.8. The minimum absolute atomic E-state index is 0.665. The number of ether oxygens (including phenoxy) is 1. The van der Waals surface area contributed by atoms with Crippen molar-refractivity contribution in [2.24, 2.45) is 0 Å². The van der Waals surface area contributed by atoms with Crippen molar-refractivity contribution in [2.45, 2.75) is 5.41 Å². The summed E-state index contributed by atoms with van der Waals surface area (Å²) in [5, 5.41) is 9.98. The fourth-order valence-electron chi connectivity index (χ4n) is 11.9. The van der Waals surface area contributed by atoms with E-state index < -0.39 is 5.41 Å². The average Bonchev–Trinajstić information content (AvgIpc) is 3.92. The van der Waals surface area contributed by atoms with Gasteiger partial charge in [-0.3, -0.25) is 0 Å². The van der Waals surface area contributed by atoms with Crippen LogP contribution >= 0.6 is 11.3 Å². The van der Waals surface area contributed by atoms with Gasteiger partial charge in [0.05, 0.1) is 22.1 Å². The summed E-state index contributed by atoms with van der Waals surface area (Å²) in [7, 11) is 0. The van der Waals surface area contributed by atoms with Crippen LogP contribution < -0.4 is 9.64 Å². The molecule has 0 fully saturated rings. The van der Waals surface area contributed by atoms with Crippen molar-refractivity contribution < 1.29 is 4.74 Å². The van der Waals surface area contributed by atoms with Gasteiger partial charge in [0.2, 0.25) is 0 Å². The molecule has 1 aliphatic carbocycles. The van der Waals surface area contributed by atoms with E-state index in [1.54, 1.807) is 0 Å². The number of fused-ring (bicyclic) bond motifs is 15. The van der Waals surface area contributed by atoms with Crippen LogP contribution in [0.15, 0.2) is 231 Å². The Balaban J connectivity index is 1.03. The predicted octanol–water partition coefficient (Wildman–Crippen LogP) is 17.4. The molecule has 3 nitrogen and oxygen atoms in total. The van der Waals surface area contributed by atoms with E-state index in [1.165, 1.54) is 91.5 Å². The largest absolute Gasteiger partial charge is 0.457 e. The summed E-state index contributed by atoms with van der Waals surface area (Å²) in [6.07, 6.45) is 0. The molecule has 2 aromatic heterocycles. The van der Waals surface area contributed by atoms with Gasteiger partial charge in [-0.1, -0.05) is 158 Å². The molecule has 11 aromatic carbocycles. The molecule has 0 atom stereocenters. The van der Waals surface area contributed by atoms with Crippen LogP contribution in [0.4, 0.5) is 17.1 Å². The van der Waals surface area contributed by atoms with Crippen molar-refractivity contribution in [1.29, 1.82) is 0 Å². The predicted molar refractivity (Wildman–Crippen MR) is 281 cm³/mol. The quantitative estimate of drug-likeness (QED) is 0.175. The van der Waals surface area contributed by atoms with E-state index in [4.69, 9.17) is 4.74 Å². The minimum Gasteiger partial charge on any atom is -0.457 e. The van der Waals surface area contributed by atoms with Crippen molar-refractivity contribution in [2.75, 3.05) is 4.90 Å². The second kappa shape index (κ2) is 13.8. The summed E-state index contributed by atoms with van der Waals surface area (Å²) in [4.78, 5) is 2.49. The van der Waals surface area contributed by atoms with Crippen molar-refractivity contribution in [3.8, 4) is 28.3 Å². The van der Waals surface area contributed by atoms with E-state index in [9.17, 15) is 0 Å². The normalized spacial score (nSPS) is 13.3. The molecule has 312 valence electrons. The van der Waals surface area contributed by atoms with Gasteiger partial charge >= 0.3 is 0 Å². The maximum absolute atomic E-state index is 6.81. The van der Waals surface area contributed by atoms with Crippen LogP contribution in [0.1, 0.15) is 22.3 Å². The van der Waals surface area contributed by atoms with Crippen LogP contribution in [0.25, 0.3) is 80.3 Å². The lowest BCUT2D eigenvalue weighted by atomic mass is 9.58. The van der Waals surface area contributed by atoms with Gasteiger partial charge in [0, 0.05) is 64.5 Å². The third-order valence-corrected chi connectivity index (χ3v) is 15.7. The Labute approximate surface area is 390 Å². The number of benzene rings is 11. The van der Waals surface area contributed by atoms with Gasteiger partial charge in [0.25, 0.3) is 0 Å². The van der Waals surface area contributed by atoms with Crippen molar-refractivity contribution >= 4 is 91.9 Å². The van der Waals surface area contributed by atoms with E-state index >= 15 is 0 Å². The number of thiophene rings is 1. The summed E-state index contributed by atoms with van der Waals surface area (Å²) >= 11 is 1.86. The number of anilines is 3. The molecular weight excluding hydrogens is 833 g/mol. The molecule has 0 radical (unpaired) electrons. The third kappa shape index (κ3) is 5.05. The number of hydrogen-bond acceptors (Lipinski definition) is 3. The first-order chi connectivity index (χ1) is 33.2. The molecule has 67 heavy (non-hydrogen) atoms. The molecule has 0 bridgehead atoms. The molecule has 0 unspecified atom stereocenters. The second-order valence-electron chi connectivity index (χ2n) is 17.9. The molecule has 1 spiro atoms. The lowest BCUT2D eigenvalue weighted by Gasteiger charge is -2.45. The monoisotopic (exact) mass is 870 g/mol. The van der Waals surface area contributed by atoms with Gasteiger partial charge in [-0.15, -0.1) is 11.3 Å². The average molecular weight is 871 g/mol. The number of aromatic nitrogens is 1. The fourth-order valence-corrected chi connectivity index (χ4v) is 13.0. The van der Waals surface area contributed by atoms with Gasteiger partial charge in [-0.05, 0) is 111 Å². The Kier molecular flexibility index (Phi) is 7.58. The Morgan fingerprint density at radius 3 is 1.84 bits per heavy atom. The zero-order valence-corrected chi connectivity index (χ0v) is 37.0. The van der Waals surface area contributed by atoms with Gasteiger partial charge < -0.3 is 14.2 Å². The summed E-state index contributed by atoms with van der Waals surface area (Å²) in [6.45, 7) is 0. The van der Waals surface area contributed by atoms with E-state index in [-0.39, 0.29) is 0 Å². The molecule has 0 amide bonds. The third-order valence-electron chi connectivity index (χ3n) is 14.6. The first kappa shape index (κ1) is 36.9. The molecule has 3 heterocycles. The first-order valence-electron chi connectivity index (χ1n) is 23.0. The number of nitrogens with zero attached hydrogens (tertiary/aromatic N) is 2. The van der Waals surface area contributed by atoms with E-state index in [1.807, 2.05) is 11.3 Å². The Bertz CT molecular complexity index is 4180. The van der Waals surface area contributed by atoms with Gasteiger partial charge in [-0.25, -0.2) is 0 Å². The van der Waals surface area contributed by atoms with Gasteiger partial charge in [0.1, 0.15) is 11.5 Å². The van der Waals surface area contributed by atoms with E-state index in [2.05, 4.69) is 240 Å². The van der Waals surface area contributed by atoms with Crippen LogP contribution in [0.5, 0.6) is 11.5 Å². The molecule has 0 saturated carbocycles. The molecule has 15 rings (SSSR count). The van der Waals surface area contributed by atoms with Crippen LogP contribution in [-0.2, 0) is 5.41 Å². The molecular formula is C63H38N2OS. The molecule has 1 aliphatic heterocycles. The number of para-hydroxylation sites is 3. The molecule has 4 heteroatoms. The van der Waals surface area contributed by atoms with Crippen molar-refractivity contribution in [3.05, 3.63) is 253 Å². The lowest BCUT2D eigenvalue weighted by molar-refractivity contribution is 0.435. The van der Waals surface area contributed by atoms with Gasteiger partial charge in [-0.2, -0.15) is 0 Å². The highest BCUT2D eigenvalue weighted by Crippen LogP contribution is 2.62. The zero-order valence-electron chi connectivity index (χ0n) is 36.2. The number of hydrogen-bond donors (Lipinski definition) is 0. The summed E-state index contributed by atoms with van der Waals surface area (Å²) in [5.41, 5.74) is 13.4. The number of rotatable bonds is 4. The zero-order chi connectivity index (χ0) is 43.8. The van der Waals surface area contributed by atoms with Crippen LogP contribution in [-0.4, -0.2) is 4.57 Å². The highest BCUT2D eigenvalue weighted by molar-refractivity contribution is 7.25. The smallest absolute Gasteiger partial charge is 0.132 e. The molecule has 0 saturated heterocycles. The standard InChI is InChI=1S/C63H38N2OS/c1-2-18-44-39(14-1)15-13-26-55(44)65-56-25-7-3-19-46(56)50-36-41(32-35-57(50)65)64(43-31-34-48-47-20-4-10-29-60(47)67-61(48)38-43)42-30-33-45-49-21-11-16-40-17-12-24-53(62(40)49)63(54(45)37-42)51-22-5-8-27-58(51)66-59-28-9-6-23-52(59)63/h1-38H. The SMILES string of the molecule is c1ccc2c(c1)Oc1ccccc1C21c2cc(N(c3ccc4c(c3)sc3ccccc34)c3ccc4c(c3)c3ccccc3n4-c3cccc4ccccc34)ccc2-c2cccc3cccc1c23. The Morgan fingerprint density at radius 2 is 0.970 bits per heavy atom. The summed E-state index contributed by atoms with van der Waals surface area (Å²) in [6, 6.07) is 85.2. The van der Waals surface area contributed by atoms with Crippen LogP contribution in [0, 0.1) is 0 Å². The Morgan fingerprint density at radius 1 is 0.373 bits per heavy atom. The minimum atomic E-state index is -0.665. The summed E-state index contributed by atoms with van der Waals surface area (Å²) in [5.74, 6) is 1.77. The van der Waals surface area contributed by atoms with E-state index in [0.29, 0.717) is 0 Å². The van der Waals surface area contributed by atoms with Crippen LogP contribution in [0.3, 0.4) is 0 Å². The lowest BCUT2D eigenvalue weighted by Crippen LogP contribution is -2.36. The van der Waals surface area contributed by atoms with Crippen LogP contribution in [0.2, 0.25) is 0 Å². The Hall–Kier alpha value is -8.44. The fraction of sp³-hybridized carbons (Fsp3) is 0.0159. The molecule has 13 aromatic rings. The maximum Gasteiger partial charge on any atom is 0.132 e.